The van der Waals surface area contributed by atoms with Gasteiger partial charge < -0.3 is 4.74 Å². The molecule has 136 valence electrons. The predicted octanol–water partition coefficient (Wildman–Crippen LogP) is 3.67. The van der Waals surface area contributed by atoms with E-state index in [1.165, 1.54) is 30.5 Å². The number of aromatic nitrogens is 2. The number of hydrogen-bond donors (Lipinski definition) is 0. The van der Waals surface area contributed by atoms with Gasteiger partial charge in [0.05, 0.1) is 12.3 Å². The topological polar surface area (TPSA) is 30.3 Å². The maximum absolute atomic E-state index is 5.89. The molecule has 1 fully saturated rings. The fourth-order valence-corrected chi connectivity index (χ4v) is 3.81. The van der Waals surface area contributed by atoms with Gasteiger partial charge in [0.25, 0.3) is 0 Å². The first-order chi connectivity index (χ1) is 12.2. The summed E-state index contributed by atoms with van der Waals surface area (Å²) < 4.78 is 7.88. The van der Waals surface area contributed by atoms with Crippen molar-refractivity contribution in [2.75, 3.05) is 26.3 Å². The Hall–Kier alpha value is -1.65. The van der Waals surface area contributed by atoms with E-state index < -0.39 is 0 Å². The Balaban J connectivity index is 1.57. The lowest BCUT2D eigenvalue weighted by atomic mass is 9.74. The van der Waals surface area contributed by atoms with Crippen LogP contribution in [0, 0.1) is 5.41 Å². The quantitative estimate of drug-likeness (QED) is 0.734. The number of piperidine rings is 1. The molecule has 1 aromatic carbocycles. The molecule has 1 aliphatic heterocycles. The smallest absolute Gasteiger partial charge is 0.0523 e. The summed E-state index contributed by atoms with van der Waals surface area (Å²) in [6.07, 6.45) is 6.69. The summed E-state index contributed by atoms with van der Waals surface area (Å²) in [5.41, 5.74) is 3.06. The number of nitrogens with zero attached hydrogens (tertiary/aromatic N) is 3. The van der Waals surface area contributed by atoms with Gasteiger partial charge in [0.2, 0.25) is 0 Å². The summed E-state index contributed by atoms with van der Waals surface area (Å²) >= 11 is 0. The molecular formula is C21H31N3O. The van der Waals surface area contributed by atoms with Crippen molar-refractivity contribution in [1.82, 2.24) is 14.7 Å². The first-order valence-corrected chi connectivity index (χ1v) is 9.52. The van der Waals surface area contributed by atoms with Crippen molar-refractivity contribution in [3.05, 3.63) is 53.9 Å². The third-order valence-electron chi connectivity index (χ3n) is 5.62. The van der Waals surface area contributed by atoms with Crippen LogP contribution in [0.4, 0.5) is 0 Å². The largest absolute Gasteiger partial charge is 0.381 e. The minimum Gasteiger partial charge on any atom is -0.381 e. The highest BCUT2D eigenvalue weighted by Gasteiger charge is 2.34. The van der Waals surface area contributed by atoms with Gasteiger partial charge in [0, 0.05) is 26.4 Å². The van der Waals surface area contributed by atoms with E-state index in [2.05, 4.69) is 53.3 Å². The highest BCUT2D eigenvalue weighted by molar-refractivity contribution is 5.15. The molecule has 25 heavy (non-hydrogen) atoms. The van der Waals surface area contributed by atoms with Crippen LogP contribution in [0.2, 0.25) is 0 Å². The van der Waals surface area contributed by atoms with Crippen molar-refractivity contribution >= 4 is 0 Å². The zero-order valence-corrected chi connectivity index (χ0v) is 15.7. The second-order valence-electron chi connectivity index (χ2n) is 7.35. The second kappa shape index (κ2) is 8.63. The average Bonchev–Trinajstić information content (AvgIpc) is 3.06. The average molecular weight is 341 g/mol. The molecule has 1 aromatic heterocycles. The Morgan fingerprint density at radius 1 is 1.12 bits per heavy atom. The number of aryl methyl sites for hydroxylation is 2. The molecule has 4 nitrogen and oxygen atoms in total. The summed E-state index contributed by atoms with van der Waals surface area (Å²) in [6, 6.07) is 13.0. The van der Waals surface area contributed by atoms with E-state index in [0.29, 0.717) is 5.41 Å². The summed E-state index contributed by atoms with van der Waals surface area (Å²) in [7, 11) is 2.03. The van der Waals surface area contributed by atoms with Crippen molar-refractivity contribution in [1.29, 1.82) is 0 Å². The molecule has 2 aromatic rings. The Labute approximate surface area is 151 Å². The van der Waals surface area contributed by atoms with Crippen LogP contribution in [0.3, 0.4) is 0 Å². The summed E-state index contributed by atoms with van der Waals surface area (Å²) in [4.78, 5) is 2.56. The standard InChI is InChI=1S/C21H31N3O/c1-3-25-18-21(11-9-19-7-5-4-6-8-19)12-15-24(16-13-21)17-20-10-14-22-23(20)2/h4-8,10,14H,3,9,11-13,15-18H2,1-2H3. The molecule has 0 radical (unpaired) electrons. The Morgan fingerprint density at radius 3 is 2.52 bits per heavy atom. The van der Waals surface area contributed by atoms with Gasteiger partial charge in [0.15, 0.2) is 0 Å². The zero-order chi connectivity index (χ0) is 17.5. The van der Waals surface area contributed by atoms with Crippen molar-refractivity contribution in [2.24, 2.45) is 12.5 Å². The molecule has 3 rings (SSSR count). The number of benzene rings is 1. The first-order valence-electron chi connectivity index (χ1n) is 9.52. The molecular weight excluding hydrogens is 310 g/mol. The maximum atomic E-state index is 5.89. The molecule has 1 aliphatic rings. The molecule has 0 aliphatic carbocycles. The van der Waals surface area contributed by atoms with E-state index in [1.54, 1.807) is 0 Å². The van der Waals surface area contributed by atoms with Gasteiger partial charge in [-0.2, -0.15) is 5.10 Å². The van der Waals surface area contributed by atoms with Crippen molar-refractivity contribution in [2.45, 2.75) is 39.2 Å². The molecule has 0 saturated carbocycles. The monoisotopic (exact) mass is 341 g/mol. The number of ether oxygens (including phenoxy) is 1. The highest BCUT2D eigenvalue weighted by atomic mass is 16.5. The fourth-order valence-electron chi connectivity index (χ4n) is 3.81. The molecule has 0 spiro atoms. The van der Waals surface area contributed by atoms with Gasteiger partial charge in [-0.15, -0.1) is 0 Å². The molecule has 2 heterocycles. The van der Waals surface area contributed by atoms with E-state index in [4.69, 9.17) is 4.74 Å². The number of hydrogen-bond acceptors (Lipinski definition) is 3. The minimum atomic E-state index is 0.328. The van der Waals surface area contributed by atoms with E-state index in [1.807, 2.05) is 17.9 Å². The van der Waals surface area contributed by atoms with E-state index in [0.717, 1.165) is 39.3 Å². The molecule has 4 heteroatoms. The van der Waals surface area contributed by atoms with Crippen LogP contribution in [-0.2, 0) is 24.8 Å². The van der Waals surface area contributed by atoms with Crippen LogP contribution >= 0.6 is 0 Å². The van der Waals surface area contributed by atoms with Crippen molar-refractivity contribution in [3.63, 3.8) is 0 Å². The molecule has 0 bridgehead atoms. The number of likely N-dealkylation sites (tertiary alicyclic amines) is 1. The van der Waals surface area contributed by atoms with Crippen molar-refractivity contribution < 1.29 is 4.74 Å². The lowest BCUT2D eigenvalue weighted by Gasteiger charge is -2.42. The van der Waals surface area contributed by atoms with E-state index >= 15 is 0 Å². The van der Waals surface area contributed by atoms with Gasteiger partial charge in [0.1, 0.15) is 0 Å². The lowest BCUT2D eigenvalue weighted by molar-refractivity contribution is -0.00273. The normalized spacial score (nSPS) is 17.7. The van der Waals surface area contributed by atoms with Crippen LogP contribution in [-0.4, -0.2) is 41.0 Å². The van der Waals surface area contributed by atoms with Gasteiger partial charge in [-0.25, -0.2) is 0 Å². The van der Waals surface area contributed by atoms with E-state index in [-0.39, 0.29) is 0 Å². The Bertz CT molecular complexity index is 630. The third kappa shape index (κ3) is 4.93. The predicted molar refractivity (Wildman–Crippen MR) is 101 cm³/mol. The molecule has 0 atom stereocenters. The van der Waals surface area contributed by atoms with Crippen LogP contribution in [0.15, 0.2) is 42.6 Å². The Kier molecular flexibility index (Phi) is 6.27. The lowest BCUT2D eigenvalue weighted by Crippen LogP contribution is -2.42. The molecule has 0 N–H and O–H groups in total. The van der Waals surface area contributed by atoms with E-state index in [9.17, 15) is 0 Å². The van der Waals surface area contributed by atoms with Gasteiger partial charge >= 0.3 is 0 Å². The zero-order valence-electron chi connectivity index (χ0n) is 15.7. The van der Waals surface area contributed by atoms with Crippen molar-refractivity contribution in [3.8, 4) is 0 Å². The van der Waals surface area contributed by atoms with Gasteiger partial charge in [-0.3, -0.25) is 9.58 Å². The summed E-state index contributed by atoms with van der Waals surface area (Å²) in [5.74, 6) is 0. The summed E-state index contributed by atoms with van der Waals surface area (Å²) in [6.45, 7) is 7.10. The first kappa shape index (κ1) is 18.2. The second-order valence-corrected chi connectivity index (χ2v) is 7.35. The minimum absolute atomic E-state index is 0.328. The SMILES string of the molecule is CCOCC1(CCc2ccccc2)CCN(Cc2ccnn2C)CC1. The number of rotatable bonds is 8. The molecule has 0 unspecified atom stereocenters. The highest BCUT2D eigenvalue weighted by Crippen LogP contribution is 2.37. The molecule has 1 saturated heterocycles. The van der Waals surface area contributed by atoms with Crippen LogP contribution in [0.5, 0.6) is 0 Å². The summed E-state index contributed by atoms with van der Waals surface area (Å²) in [5, 5.41) is 4.28. The molecule has 0 amide bonds. The van der Waals surface area contributed by atoms with Crippen LogP contribution in [0.1, 0.15) is 37.4 Å². The van der Waals surface area contributed by atoms with Gasteiger partial charge in [-0.1, -0.05) is 30.3 Å². The van der Waals surface area contributed by atoms with Crippen LogP contribution < -0.4 is 0 Å². The third-order valence-corrected chi connectivity index (χ3v) is 5.62. The maximum Gasteiger partial charge on any atom is 0.0523 e. The van der Waals surface area contributed by atoms with Gasteiger partial charge in [-0.05, 0) is 62.7 Å². The Morgan fingerprint density at radius 2 is 1.88 bits per heavy atom. The fraction of sp³-hybridized carbons (Fsp3) is 0.571. The van der Waals surface area contributed by atoms with Crippen LogP contribution in [0.25, 0.3) is 0 Å².